The predicted molar refractivity (Wildman–Crippen MR) is 83.9 cm³/mol. The van der Waals surface area contributed by atoms with E-state index in [-0.39, 0.29) is 5.41 Å². The van der Waals surface area contributed by atoms with E-state index in [9.17, 15) is 5.11 Å². The third kappa shape index (κ3) is 3.26. The zero-order valence-electron chi connectivity index (χ0n) is 13.3. The average molecular weight is 278 g/mol. The summed E-state index contributed by atoms with van der Waals surface area (Å²) in [4.78, 5) is 0. The van der Waals surface area contributed by atoms with Crippen LogP contribution < -0.4 is 5.32 Å². The molecule has 1 aromatic rings. The van der Waals surface area contributed by atoms with Gasteiger partial charge in [0.2, 0.25) is 0 Å². The predicted octanol–water partition coefficient (Wildman–Crippen LogP) is 3.16. The van der Waals surface area contributed by atoms with Crippen molar-refractivity contribution in [2.24, 2.45) is 5.41 Å². The van der Waals surface area contributed by atoms with Gasteiger partial charge in [0.15, 0.2) is 0 Å². The smallest absolute Gasteiger partial charge is 0.0499 e. The average Bonchev–Trinajstić information content (AvgIpc) is 2.74. The van der Waals surface area contributed by atoms with Crippen LogP contribution in [0.2, 0.25) is 0 Å². The van der Waals surface area contributed by atoms with E-state index in [1.807, 2.05) is 0 Å². The number of aliphatic hydroxyl groups excluding tert-OH is 1. The Bertz CT molecular complexity index is 430. The molecule has 2 rings (SSSR count). The second kappa shape index (κ2) is 6.77. The number of aliphatic hydroxyl groups is 1. The summed E-state index contributed by atoms with van der Waals surface area (Å²) in [5.74, 6) is 0. The van der Waals surface area contributed by atoms with E-state index in [2.05, 4.69) is 36.7 Å². The van der Waals surface area contributed by atoms with Gasteiger partial charge in [-0.2, -0.15) is 0 Å². The minimum atomic E-state index is 0.133. The quantitative estimate of drug-likeness (QED) is 0.838. The van der Waals surface area contributed by atoms with Crippen LogP contribution in [-0.4, -0.2) is 22.8 Å². The number of hydrogen-bond donors (Lipinski definition) is 2. The summed E-state index contributed by atoms with van der Waals surface area (Å²) in [7, 11) is 0. The van der Waals surface area contributed by atoms with Crippen molar-refractivity contribution in [1.29, 1.82) is 0 Å². The second-order valence-corrected chi connectivity index (χ2v) is 6.46. The summed E-state index contributed by atoms with van der Waals surface area (Å²) < 4.78 is 2.36. The molecule has 3 heteroatoms. The molecule has 20 heavy (non-hydrogen) atoms. The zero-order chi connectivity index (χ0) is 14.6. The first kappa shape index (κ1) is 15.6. The number of nitrogens with one attached hydrogen (secondary N) is 1. The number of rotatable bonds is 6. The Kier molecular flexibility index (Phi) is 5.28. The lowest BCUT2D eigenvalue weighted by molar-refractivity contribution is 0.0810. The largest absolute Gasteiger partial charge is 0.396 e. The SMILES string of the molecule is CCn1c(C)cc(CNCC2(CO)CCCCC2)c1C. The normalized spacial score (nSPS) is 18.4. The van der Waals surface area contributed by atoms with E-state index in [0.29, 0.717) is 6.61 Å². The van der Waals surface area contributed by atoms with Gasteiger partial charge in [0.1, 0.15) is 0 Å². The molecule has 1 fully saturated rings. The fourth-order valence-corrected chi connectivity index (χ4v) is 3.69. The van der Waals surface area contributed by atoms with E-state index in [4.69, 9.17) is 0 Å². The van der Waals surface area contributed by atoms with E-state index in [1.165, 1.54) is 49.1 Å². The topological polar surface area (TPSA) is 37.2 Å². The Morgan fingerprint density at radius 1 is 1.25 bits per heavy atom. The molecule has 1 aliphatic rings. The standard InChI is InChI=1S/C17H30N2O/c1-4-19-14(2)10-16(15(19)3)11-18-12-17(13-20)8-6-5-7-9-17/h10,18,20H,4-9,11-13H2,1-3H3. The molecule has 0 amide bonds. The van der Waals surface area contributed by atoms with Crippen LogP contribution in [0.1, 0.15) is 56.0 Å². The van der Waals surface area contributed by atoms with Crippen LogP contribution in [0.25, 0.3) is 0 Å². The van der Waals surface area contributed by atoms with Gasteiger partial charge in [-0.1, -0.05) is 19.3 Å². The molecule has 0 aliphatic heterocycles. The first-order chi connectivity index (χ1) is 9.62. The molecule has 3 nitrogen and oxygen atoms in total. The van der Waals surface area contributed by atoms with Crippen LogP contribution in [0, 0.1) is 19.3 Å². The fourth-order valence-electron chi connectivity index (χ4n) is 3.69. The van der Waals surface area contributed by atoms with Crippen molar-refractivity contribution in [3.8, 4) is 0 Å². The summed E-state index contributed by atoms with van der Waals surface area (Å²) in [6.45, 7) is 9.80. The van der Waals surface area contributed by atoms with Crippen LogP contribution >= 0.6 is 0 Å². The summed E-state index contributed by atoms with van der Waals surface area (Å²) >= 11 is 0. The van der Waals surface area contributed by atoms with Crippen molar-refractivity contribution in [3.63, 3.8) is 0 Å². The zero-order valence-corrected chi connectivity index (χ0v) is 13.3. The van der Waals surface area contributed by atoms with Gasteiger partial charge in [0.25, 0.3) is 0 Å². The third-order valence-corrected chi connectivity index (χ3v) is 5.06. The van der Waals surface area contributed by atoms with Crippen LogP contribution in [0.3, 0.4) is 0 Å². The third-order valence-electron chi connectivity index (χ3n) is 5.06. The minimum Gasteiger partial charge on any atom is -0.396 e. The number of aryl methyl sites for hydroxylation is 1. The number of nitrogens with zero attached hydrogens (tertiary/aromatic N) is 1. The van der Waals surface area contributed by atoms with E-state index >= 15 is 0 Å². The molecule has 0 radical (unpaired) electrons. The van der Waals surface area contributed by atoms with E-state index in [0.717, 1.165) is 19.6 Å². The molecule has 0 unspecified atom stereocenters. The van der Waals surface area contributed by atoms with Gasteiger partial charge in [0.05, 0.1) is 0 Å². The molecule has 2 N–H and O–H groups in total. The molecule has 0 bridgehead atoms. The first-order valence-corrected chi connectivity index (χ1v) is 8.09. The first-order valence-electron chi connectivity index (χ1n) is 8.09. The van der Waals surface area contributed by atoms with Crippen LogP contribution in [0.4, 0.5) is 0 Å². The molecule has 0 aromatic carbocycles. The molecule has 0 spiro atoms. The van der Waals surface area contributed by atoms with Crippen molar-refractivity contribution < 1.29 is 5.11 Å². The Morgan fingerprint density at radius 2 is 1.95 bits per heavy atom. The molecular weight excluding hydrogens is 248 g/mol. The second-order valence-electron chi connectivity index (χ2n) is 6.46. The highest BCUT2D eigenvalue weighted by Gasteiger charge is 2.30. The summed E-state index contributed by atoms with van der Waals surface area (Å²) in [5.41, 5.74) is 4.25. The van der Waals surface area contributed by atoms with Gasteiger partial charge in [0, 0.05) is 43.0 Å². The van der Waals surface area contributed by atoms with Gasteiger partial charge in [-0.3, -0.25) is 0 Å². The van der Waals surface area contributed by atoms with Crippen molar-refractivity contribution >= 4 is 0 Å². The lowest BCUT2D eigenvalue weighted by Gasteiger charge is -2.35. The minimum absolute atomic E-state index is 0.133. The van der Waals surface area contributed by atoms with E-state index in [1.54, 1.807) is 0 Å². The molecule has 1 saturated carbocycles. The lowest BCUT2D eigenvalue weighted by Crippen LogP contribution is -2.38. The molecule has 1 aromatic heterocycles. The highest BCUT2D eigenvalue weighted by Crippen LogP contribution is 2.35. The maximum Gasteiger partial charge on any atom is 0.0499 e. The molecule has 0 atom stereocenters. The molecular formula is C17H30N2O. The maximum atomic E-state index is 9.74. The highest BCUT2D eigenvalue weighted by atomic mass is 16.3. The lowest BCUT2D eigenvalue weighted by atomic mass is 9.74. The Labute approximate surface area is 123 Å². The van der Waals surface area contributed by atoms with Gasteiger partial charge in [-0.25, -0.2) is 0 Å². The van der Waals surface area contributed by atoms with Crippen LogP contribution in [-0.2, 0) is 13.1 Å². The number of aromatic nitrogens is 1. The monoisotopic (exact) mass is 278 g/mol. The molecule has 114 valence electrons. The van der Waals surface area contributed by atoms with Gasteiger partial charge in [-0.05, 0) is 45.2 Å². The number of hydrogen-bond acceptors (Lipinski definition) is 2. The molecule has 1 heterocycles. The van der Waals surface area contributed by atoms with E-state index < -0.39 is 0 Å². The fraction of sp³-hybridized carbons (Fsp3) is 0.765. The Hall–Kier alpha value is -0.800. The van der Waals surface area contributed by atoms with Gasteiger partial charge in [-0.15, -0.1) is 0 Å². The molecule has 1 aliphatic carbocycles. The van der Waals surface area contributed by atoms with Crippen molar-refractivity contribution in [3.05, 3.63) is 23.0 Å². The molecule has 0 saturated heterocycles. The summed E-state index contributed by atoms with van der Waals surface area (Å²) in [6.07, 6.45) is 6.22. The van der Waals surface area contributed by atoms with Crippen LogP contribution in [0.15, 0.2) is 6.07 Å². The van der Waals surface area contributed by atoms with Crippen molar-refractivity contribution in [2.45, 2.75) is 66.0 Å². The van der Waals surface area contributed by atoms with Gasteiger partial charge < -0.3 is 15.0 Å². The van der Waals surface area contributed by atoms with Crippen molar-refractivity contribution in [2.75, 3.05) is 13.2 Å². The Balaban J connectivity index is 1.92. The Morgan fingerprint density at radius 3 is 2.50 bits per heavy atom. The van der Waals surface area contributed by atoms with Gasteiger partial charge >= 0.3 is 0 Å². The van der Waals surface area contributed by atoms with Crippen LogP contribution in [0.5, 0.6) is 0 Å². The van der Waals surface area contributed by atoms with Crippen molar-refractivity contribution in [1.82, 2.24) is 9.88 Å². The maximum absolute atomic E-state index is 9.74. The highest BCUT2D eigenvalue weighted by molar-refractivity contribution is 5.26. The summed E-state index contributed by atoms with van der Waals surface area (Å²) in [6, 6.07) is 2.29. The summed E-state index contributed by atoms with van der Waals surface area (Å²) in [5, 5.41) is 13.3.